The van der Waals surface area contributed by atoms with Crippen LogP contribution >= 0.6 is 11.3 Å². The lowest BCUT2D eigenvalue weighted by Gasteiger charge is -2.07. The molecule has 0 spiro atoms. The summed E-state index contributed by atoms with van der Waals surface area (Å²) in [4.78, 5) is 24.6. The third-order valence-corrected chi connectivity index (χ3v) is 5.49. The second kappa shape index (κ2) is 8.34. The molecule has 0 atom stereocenters. The van der Waals surface area contributed by atoms with Crippen molar-refractivity contribution >= 4 is 38.9 Å². The third kappa shape index (κ3) is 5.26. The molecule has 7 nitrogen and oxygen atoms in total. The summed E-state index contributed by atoms with van der Waals surface area (Å²) in [6.07, 6.45) is -0.0260. The highest BCUT2D eigenvalue weighted by atomic mass is 32.2. The fourth-order valence-electron chi connectivity index (χ4n) is 2.34. The van der Waals surface area contributed by atoms with Crippen LogP contribution in [-0.2, 0) is 21.2 Å². The molecule has 3 aromatic rings. The molecule has 0 bridgehead atoms. The van der Waals surface area contributed by atoms with Crippen LogP contribution in [0.3, 0.4) is 0 Å². The van der Waals surface area contributed by atoms with Gasteiger partial charge < -0.3 is 10.1 Å². The molecule has 9 heteroatoms. The van der Waals surface area contributed by atoms with Crippen molar-refractivity contribution in [1.29, 1.82) is 0 Å². The minimum atomic E-state index is -3.77. The summed E-state index contributed by atoms with van der Waals surface area (Å²) in [5.41, 5.74) is 1.18. The molecule has 0 aliphatic carbocycles. The van der Waals surface area contributed by atoms with Crippen LogP contribution in [0.25, 0.3) is 0 Å². The van der Waals surface area contributed by atoms with Crippen LogP contribution in [0.4, 0.5) is 5.69 Å². The van der Waals surface area contributed by atoms with Crippen LogP contribution in [0.15, 0.2) is 70.9 Å². The summed E-state index contributed by atoms with van der Waals surface area (Å²) in [6.45, 7) is 0. The zero-order valence-electron chi connectivity index (χ0n) is 14.5. The summed E-state index contributed by atoms with van der Waals surface area (Å²) in [5, 5.41) is 9.61. The molecule has 0 unspecified atom stereocenters. The molecule has 3 rings (SSSR count). The van der Waals surface area contributed by atoms with Gasteiger partial charge in [-0.25, -0.2) is 13.6 Å². The van der Waals surface area contributed by atoms with Gasteiger partial charge in [-0.1, -0.05) is 18.2 Å². The van der Waals surface area contributed by atoms with Crippen LogP contribution in [0, 0.1) is 0 Å². The molecule has 1 amide bonds. The van der Waals surface area contributed by atoms with Crippen LogP contribution in [0.5, 0.6) is 5.75 Å². The minimum absolute atomic E-state index is 0.0233. The maximum atomic E-state index is 12.0. The van der Waals surface area contributed by atoms with Crippen LogP contribution < -0.4 is 15.2 Å². The first kappa shape index (κ1) is 19.7. The van der Waals surface area contributed by atoms with Gasteiger partial charge in [-0.2, -0.15) is 0 Å². The van der Waals surface area contributed by atoms with Crippen LogP contribution in [0.1, 0.15) is 15.2 Å². The normalized spacial score (nSPS) is 11.0. The number of nitrogens with two attached hydrogens (primary N) is 1. The predicted octanol–water partition coefficient (Wildman–Crippen LogP) is 2.80. The third-order valence-electron chi connectivity index (χ3n) is 3.69. The highest BCUT2D eigenvalue weighted by Gasteiger charge is 2.11. The second-order valence-corrected chi connectivity index (χ2v) is 8.30. The molecule has 2 aromatic carbocycles. The molecule has 0 radical (unpaired) electrons. The van der Waals surface area contributed by atoms with Gasteiger partial charge in [0.25, 0.3) is 5.91 Å². The Kier molecular flexibility index (Phi) is 5.88. The zero-order chi connectivity index (χ0) is 20.1. The van der Waals surface area contributed by atoms with Gasteiger partial charge in [0.15, 0.2) is 0 Å². The van der Waals surface area contributed by atoms with Crippen molar-refractivity contribution in [1.82, 2.24) is 0 Å². The predicted molar refractivity (Wildman–Crippen MR) is 106 cm³/mol. The number of esters is 1. The number of carbonyl (C=O) groups is 2. The Hall–Kier alpha value is -3.01. The van der Waals surface area contributed by atoms with Gasteiger partial charge in [-0.15, -0.1) is 11.3 Å². The lowest BCUT2D eigenvalue weighted by Crippen LogP contribution is -2.13. The average molecular weight is 416 g/mol. The molecular weight excluding hydrogens is 400 g/mol. The van der Waals surface area contributed by atoms with E-state index in [-0.39, 0.29) is 17.2 Å². The van der Waals surface area contributed by atoms with Crippen LogP contribution in [-0.4, -0.2) is 20.3 Å². The van der Waals surface area contributed by atoms with Crippen molar-refractivity contribution in [2.24, 2.45) is 5.14 Å². The highest BCUT2D eigenvalue weighted by molar-refractivity contribution is 7.89. The monoisotopic (exact) mass is 416 g/mol. The molecule has 1 aromatic heterocycles. The smallest absolute Gasteiger partial charge is 0.315 e. The largest absolute Gasteiger partial charge is 0.426 e. The number of ether oxygens (including phenoxy) is 1. The zero-order valence-corrected chi connectivity index (χ0v) is 16.1. The molecule has 0 saturated carbocycles. The Morgan fingerprint density at radius 1 is 1.00 bits per heavy atom. The lowest BCUT2D eigenvalue weighted by atomic mass is 10.1. The number of nitrogens with one attached hydrogen (secondary N) is 1. The van der Waals surface area contributed by atoms with Gasteiger partial charge >= 0.3 is 5.97 Å². The number of hydrogen-bond acceptors (Lipinski definition) is 6. The maximum Gasteiger partial charge on any atom is 0.315 e. The fourth-order valence-corrected chi connectivity index (χ4v) is 3.47. The number of hydrogen-bond donors (Lipinski definition) is 2. The number of sulfonamides is 1. The van der Waals surface area contributed by atoms with Crippen molar-refractivity contribution in [3.05, 3.63) is 76.5 Å². The highest BCUT2D eigenvalue weighted by Crippen LogP contribution is 2.18. The van der Waals surface area contributed by atoms with E-state index in [0.29, 0.717) is 21.9 Å². The standard InChI is InChI=1S/C19H16N2O5S2/c20-28(24,25)16-9-3-13(4-10-16)12-18(22)26-15-7-5-14(6-8-15)21-19(23)17-2-1-11-27-17/h1-11H,12H2,(H,21,23)(H2,20,24,25). The van der Waals surface area contributed by atoms with E-state index in [4.69, 9.17) is 9.88 Å². The Bertz CT molecular complexity index is 1070. The molecule has 28 heavy (non-hydrogen) atoms. The quantitative estimate of drug-likeness (QED) is 0.474. The Morgan fingerprint density at radius 3 is 2.25 bits per heavy atom. The van der Waals surface area contributed by atoms with Gasteiger partial charge in [-0.05, 0) is 53.4 Å². The van der Waals surface area contributed by atoms with Gasteiger partial charge in [0.1, 0.15) is 5.75 Å². The minimum Gasteiger partial charge on any atom is -0.426 e. The first-order valence-electron chi connectivity index (χ1n) is 8.08. The van der Waals surface area contributed by atoms with E-state index in [0.717, 1.165) is 0 Å². The molecule has 0 aliphatic heterocycles. The van der Waals surface area contributed by atoms with Crippen molar-refractivity contribution in [3.8, 4) is 5.75 Å². The van der Waals surface area contributed by atoms with Gasteiger partial charge in [-0.3, -0.25) is 9.59 Å². The van der Waals surface area contributed by atoms with E-state index in [1.807, 2.05) is 5.38 Å². The molecular formula is C19H16N2O5S2. The fraction of sp³-hybridized carbons (Fsp3) is 0.0526. The maximum absolute atomic E-state index is 12.0. The van der Waals surface area contributed by atoms with E-state index in [1.54, 1.807) is 36.4 Å². The summed E-state index contributed by atoms with van der Waals surface area (Å²) >= 11 is 1.34. The molecule has 0 saturated heterocycles. The van der Waals surface area contributed by atoms with Gasteiger partial charge in [0.2, 0.25) is 10.0 Å². The Labute approximate surface area is 165 Å². The second-order valence-electron chi connectivity index (χ2n) is 5.80. The molecule has 0 aliphatic rings. The summed E-state index contributed by atoms with van der Waals surface area (Å²) in [7, 11) is -3.77. The number of anilines is 1. The number of thiophene rings is 1. The van der Waals surface area contributed by atoms with Crippen LogP contribution in [0.2, 0.25) is 0 Å². The average Bonchev–Trinajstić information content (AvgIpc) is 3.18. The molecule has 0 fully saturated rings. The number of rotatable bonds is 6. The Balaban J connectivity index is 1.56. The van der Waals surface area contributed by atoms with Crippen molar-refractivity contribution in [3.63, 3.8) is 0 Å². The van der Waals surface area contributed by atoms with E-state index in [1.165, 1.54) is 35.6 Å². The first-order chi connectivity index (χ1) is 13.3. The number of benzene rings is 2. The Morgan fingerprint density at radius 2 is 1.68 bits per heavy atom. The van der Waals surface area contributed by atoms with Gasteiger partial charge in [0.05, 0.1) is 16.2 Å². The molecule has 144 valence electrons. The molecule has 3 N–H and O–H groups in total. The molecule has 1 heterocycles. The van der Waals surface area contributed by atoms with Gasteiger partial charge in [0, 0.05) is 5.69 Å². The van der Waals surface area contributed by atoms with E-state index < -0.39 is 16.0 Å². The van der Waals surface area contributed by atoms with E-state index in [2.05, 4.69) is 5.32 Å². The summed E-state index contributed by atoms with van der Waals surface area (Å²) < 4.78 is 27.7. The van der Waals surface area contributed by atoms with Crippen molar-refractivity contribution < 1.29 is 22.7 Å². The lowest BCUT2D eigenvalue weighted by molar-refractivity contribution is -0.133. The van der Waals surface area contributed by atoms with Crippen molar-refractivity contribution in [2.75, 3.05) is 5.32 Å². The number of primary sulfonamides is 1. The first-order valence-corrected chi connectivity index (χ1v) is 10.5. The van der Waals surface area contributed by atoms with E-state index in [9.17, 15) is 18.0 Å². The van der Waals surface area contributed by atoms with Crippen molar-refractivity contribution in [2.45, 2.75) is 11.3 Å². The number of amides is 1. The van der Waals surface area contributed by atoms with E-state index >= 15 is 0 Å². The number of carbonyl (C=O) groups excluding carboxylic acids is 2. The summed E-state index contributed by atoms with van der Waals surface area (Å²) in [5.74, 6) is -0.373. The summed E-state index contributed by atoms with van der Waals surface area (Å²) in [6, 6.07) is 15.6. The topological polar surface area (TPSA) is 116 Å². The SMILES string of the molecule is NS(=O)(=O)c1ccc(CC(=O)Oc2ccc(NC(=O)c3cccs3)cc2)cc1.